The van der Waals surface area contributed by atoms with E-state index in [0.29, 0.717) is 18.0 Å². The summed E-state index contributed by atoms with van der Waals surface area (Å²) in [5.74, 6) is 2.12. The van der Waals surface area contributed by atoms with Crippen molar-refractivity contribution in [2.75, 3.05) is 21.3 Å². The van der Waals surface area contributed by atoms with Crippen LogP contribution in [0.3, 0.4) is 0 Å². The Morgan fingerprint density at radius 2 is 1.62 bits per heavy atom. The molecule has 6 heteroatoms. The monoisotopic (exact) mass is 333 g/mol. The van der Waals surface area contributed by atoms with E-state index < -0.39 is 0 Å². The van der Waals surface area contributed by atoms with E-state index in [1.54, 1.807) is 21.3 Å². The van der Waals surface area contributed by atoms with E-state index >= 15 is 0 Å². The Morgan fingerprint density at radius 3 is 2.12 bits per heavy atom. The van der Waals surface area contributed by atoms with Gasteiger partial charge in [0.05, 0.1) is 27.0 Å². The molecule has 2 aromatic rings. The van der Waals surface area contributed by atoms with Gasteiger partial charge in [0.2, 0.25) is 0 Å². The average Bonchev–Trinajstić information content (AvgIpc) is 2.84. The molecular weight excluding hydrogens is 306 g/mol. The first-order valence-electron chi connectivity index (χ1n) is 7.95. The van der Waals surface area contributed by atoms with Crippen LogP contribution in [0.15, 0.2) is 12.1 Å². The average molecular weight is 333 g/mol. The minimum atomic E-state index is 0.177. The van der Waals surface area contributed by atoms with Gasteiger partial charge in [0, 0.05) is 42.5 Å². The van der Waals surface area contributed by atoms with Crippen LogP contribution in [0.1, 0.15) is 35.5 Å². The minimum absolute atomic E-state index is 0.177. The van der Waals surface area contributed by atoms with Gasteiger partial charge in [-0.05, 0) is 26.8 Å². The molecule has 0 fully saturated rings. The maximum Gasteiger partial charge on any atom is 0.164 e. The highest BCUT2D eigenvalue weighted by molar-refractivity contribution is 5.50. The van der Waals surface area contributed by atoms with Crippen LogP contribution in [0.5, 0.6) is 17.2 Å². The summed E-state index contributed by atoms with van der Waals surface area (Å²) in [6, 6.07) is 3.97. The number of methoxy groups -OCH3 is 3. The van der Waals surface area contributed by atoms with Crippen molar-refractivity contribution in [3.05, 3.63) is 34.6 Å². The second-order valence-corrected chi connectivity index (χ2v) is 5.83. The smallest absolute Gasteiger partial charge is 0.164 e. The zero-order valence-corrected chi connectivity index (χ0v) is 15.6. The molecule has 1 aromatic carbocycles. The van der Waals surface area contributed by atoms with Crippen LogP contribution >= 0.6 is 0 Å². The number of nitrogens with one attached hydrogen (secondary N) is 1. The molecule has 0 aliphatic carbocycles. The fourth-order valence-electron chi connectivity index (χ4n) is 3.01. The van der Waals surface area contributed by atoms with Gasteiger partial charge in [-0.2, -0.15) is 5.10 Å². The number of hydrogen-bond donors (Lipinski definition) is 1. The Hall–Kier alpha value is -2.21. The second-order valence-electron chi connectivity index (χ2n) is 5.83. The molecule has 1 aromatic heterocycles. The van der Waals surface area contributed by atoms with E-state index in [4.69, 9.17) is 14.2 Å². The lowest BCUT2D eigenvalue weighted by Gasteiger charge is -2.18. The van der Waals surface area contributed by atoms with E-state index in [0.717, 1.165) is 17.0 Å². The van der Waals surface area contributed by atoms with Crippen LogP contribution in [0, 0.1) is 13.8 Å². The third-order valence-electron chi connectivity index (χ3n) is 4.38. The molecular formula is C18H27N3O3. The van der Waals surface area contributed by atoms with Gasteiger partial charge in [-0.1, -0.05) is 0 Å². The largest absolute Gasteiger partial charge is 0.496 e. The number of nitrogens with zero attached hydrogens (tertiary/aromatic N) is 2. The van der Waals surface area contributed by atoms with E-state index in [1.165, 1.54) is 11.3 Å². The topological polar surface area (TPSA) is 57.5 Å². The van der Waals surface area contributed by atoms with Crippen LogP contribution in [-0.4, -0.2) is 31.1 Å². The zero-order valence-electron chi connectivity index (χ0n) is 15.6. The maximum absolute atomic E-state index is 5.48. The molecule has 24 heavy (non-hydrogen) atoms. The fourth-order valence-corrected chi connectivity index (χ4v) is 3.01. The molecule has 0 radical (unpaired) electrons. The first kappa shape index (κ1) is 18.1. The minimum Gasteiger partial charge on any atom is -0.496 e. The molecule has 0 amide bonds. The zero-order chi connectivity index (χ0) is 17.9. The number of benzene rings is 1. The third kappa shape index (κ3) is 3.48. The lowest BCUT2D eigenvalue weighted by Crippen LogP contribution is -2.20. The molecule has 1 unspecified atom stereocenters. The van der Waals surface area contributed by atoms with Gasteiger partial charge in [0.15, 0.2) is 11.5 Å². The molecule has 6 nitrogen and oxygen atoms in total. The summed E-state index contributed by atoms with van der Waals surface area (Å²) in [7, 11) is 6.87. The highest BCUT2D eigenvalue weighted by Crippen LogP contribution is 2.35. The molecule has 0 saturated heterocycles. The van der Waals surface area contributed by atoms with Gasteiger partial charge >= 0.3 is 0 Å². The van der Waals surface area contributed by atoms with Crippen molar-refractivity contribution < 1.29 is 14.2 Å². The van der Waals surface area contributed by atoms with Gasteiger partial charge < -0.3 is 19.5 Å². The molecule has 1 atom stereocenters. The highest BCUT2D eigenvalue weighted by atomic mass is 16.5. The summed E-state index contributed by atoms with van der Waals surface area (Å²) in [6.45, 7) is 6.92. The highest BCUT2D eigenvalue weighted by Gasteiger charge is 2.17. The second kappa shape index (κ2) is 7.57. The summed E-state index contributed by atoms with van der Waals surface area (Å²) >= 11 is 0. The quantitative estimate of drug-likeness (QED) is 0.844. The van der Waals surface area contributed by atoms with Gasteiger partial charge in [0.1, 0.15) is 5.75 Å². The lowest BCUT2D eigenvalue weighted by molar-refractivity contribution is 0.346. The van der Waals surface area contributed by atoms with Crippen molar-refractivity contribution in [3.63, 3.8) is 0 Å². The van der Waals surface area contributed by atoms with Crippen molar-refractivity contribution in [3.8, 4) is 17.2 Å². The van der Waals surface area contributed by atoms with E-state index in [-0.39, 0.29) is 6.04 Å². The summed E-state index contributed by atoms with van der Waals surface area (Å²) in [5.41, 5.74) is 4.47. The molecule has 1 N–H and O–H groups in total. The molecule has 0 bridgehead atoms. The first-order chi connectivity index (χ1) is 11.4. The van der Waals surface area contributed by atoms with Crippen molar-refractivity contribution in [1.29, 1.82) is 0 Å². The molecule has 132 valence electrons. The van der Waals surface area contributed by atoms with Crippen molar-refractivity contribution in [2.24, 2.45) is 7.05 Å². The van der Waals surface area contributed by atoms with Crippen LogP contribution in [-0.2, 0) is 13.6 Å². The molecule has 2 rings (SSSR count). The van der Waals surface area contributed by atoms with Gasteiger partial charge in [-0.25, -0.2) is 0 Å². The Morgan fingerprint density at radius 1 is 1.04 bits per heavy atom. The van der Waals surface area contributed by atoms with Gasteiger partial charge in [-0.15, -0.1) is 0 Å². The third-order valence-corrected chi connectivity index (χ3v) is 4.38. The standard InChI is InChI=1S/C18H27N3O3/c1-11(18-12(2)20-21(4)13(18)3)19-10-14-8-16(23-6)17(24-7)9-15(14)22-5/h8-9,11,19H,10H2,1-7H3. The number of hydrogen-bond acceptors (Lipinski definition) is 5. The number of rotatable bonds is 7. The van der Waals surface area contributed by atoms with E-state index in [9.17, 15) is 0 Å². The number of ether oxygens (including phenoxy) is 3. The Kier molecular flexibility index (Phi) is 5.72. The summed E-state index contributed by atoms with van der Waals surface area (Å²) < 4.78 is 18.1. The van der Waals surface area contributed by atoms with Gasteiger partial charge in [0.25, 0.3) is 0 Å². The predicted molar refractivity (Wildman–Crippen MR) is 94.0 cm³/mol. The van der Waals surface area contributed by atoms with Crippen LogP contribution < -0.4 is 19.5 Å². The Balaban J connectivity index is 2.22. The Bertz CT molecular complexity index is 710. The van der Waals surface area contributed by atoms with E-state index in [1.807, 2.05) is 30.8 Å². The van der Waals surface area contributed by atoms with Crippen molar-refractivity contribution in [1.82, 2.24) is 15.1 Å². The first-order valence-corrected chi connectivity index (χ1v) is 7.95. The van der Waals surface area contributed by atoms with Crippen LogP contribution in [0.4, 0.5) is 0 Å². The summed E-state index contributed by atoms with van der Waals surface area (Å²) in [4.78, 5) is 0. The fraction of sp³-hybridized carbons (Fsp3) is 0.500. The molecule has 1 heterocycles. The summed E-state index contributed by atoms with van der Waals surface area (Å²) in [5, 5.41) is 8.03. The number of aromatic nitrogens is 2. The number of aryl methyl sites for hydroxylation is 2. The van der Waals surface area contributed by atoms with Crippen molar-refractivity contribution >= 4 is 0 Å². The lowest BCUT2D eigenvalue weighted by atomic mass is 10.1. The molecule has 0 saturated carbocycles. The molecule has 0 aliphatic heterocycles. The SMILES string of the molecule is COc1cc(OC)c(OC)cc1CNC(C)c1c(C)nn(C)c1C. The molecule has 0 spiro atoms. The van der Waals surface area contributed by atoms with E-state index in [2.05, 4.69) is 24.3 Å². The predicted octanol–water partition coefficient (Wildman–Crippen LogP) is 2.91. The van der Waals surface area contributed by atoms with Crippen LogP contribution in [0.2, 0.25) is 0 Å². The van der Waals surface area contributed by atoms with Crippen LogP contribution in [0.25, 0.3) is 0 Å². The Labute approximate surface area is 143 Å². The molecule has 0 aliphatic rings. The van der Waals surface area contributed by atoms with Crippen molar-refractivity contribution in [2.45, 2.75) is 33.4 Å². The normalized spacial score (nSPS) is 12.1. The maximum atomic E-state index is 5.48. The van der Waals surface area contributed by atoms with Gasteiger partial charge in [-0.3, -0.25) is 4.68 Å². The summed E-state index contributed by atoms with van der Waals surface area (Å²) in [6.07, 6.45) is 0.